The maximum Gasteiger partial charge on any atom is 0.304 e. The average Bonchev–Trinajstić information content (AvgIpc) is 3.13. The van der Waals surface area contributed by atoms with E-state index in [0.717, 1.165) is 16.7 Å². The summed E-state index contributed by atoms with van der Waals surface area (Å²) in [4.78, 5) is 8.74. The molecule has 5 N–H and O–H groups in total. The highest BCUT2D eigenvalue weighted by Crippen LogP contribution is 2.38. The average molecular weight is 468 g/mol. The van der Waals surface area contributed by atoms with Crippen LogP contribution < -0.4 is 11.5 Å². The minimum absolute atomic E-state index is 0.0513. The summed E-state index contributed by atoms with van der Waals surface area (Å²) in [6.45, 7) is 5.29. The van der Waals surface area contributed by atoms with Crippen LogP contribution in [-0.4, -0.2) is 25.2 Å². The Morgan fingerprint density at radius 2 is 1.74 bits per heavy atom. The van der Waals surface area contributed by atoms with E-state index in [1.165, 1.54) is 4.57 Å². The van der Waals surface area contributed by atoms with E-state index >= 15 is 8.78 Å². The summed E-state index contributed by atoms with van der Waals surface area (Å²) >= 11 is 0. The number of hydrogen-bond donors (Lipinski definition) is 3. The zero-order chi connectivity index (χ0) is 24.7. The first-order chi connectivity index (χ1) is 16.0. The van der Waals surface area contributed by atoms with Crippen LogP contribution >= 0.6 is 0 Å². The summed E-state index contributed by atoms with van der Waals surface area (Å²) in [5.41, 5.74) is 15.2. The Kier molecular flexibility index (Phi) is 6.31. The molecule has 4 rings (SSSR count). The number of imidazole rings is 1. The smallest absolute Gasteiger partial charge is 0.304 e. The number of hydrogen-bond acceptors (Lipinski definition) is 5. The number of halogens is 2. The number of alkyl halides is 2. The first-order valence-electron chi connectivity index (χ1n) is 11.5. The lowest BCUT2D eigenvalue weighted by molar-refractivity contribution is -0.0298. The van der Waals surface area contributed by atoms with Crippen LogP contribution in [0.3, 0.4) is 0 Å². The van der Waals surface area contributed by atoms with E-state index in [0.29, 0.717) is 35.8 Å². The molecule has 0 aliphatic rings. The summed E-state index contributed by atoms with van der Waals surface area (Å²) in [5.74, 6) is -3.46. The van der Waals surface area contributed by atoms with Crippen molar-refractivity contribution in [1.29, 1.82) is 0 Å². The Bertz CT molecular complexity index is 1340. The molecule has 180 valence electrons. The molecular formula is C26H31F2N5O. The lowest BCUT2D eigenvalue weighted by Crippen LogP contribution is -2.30. The molecule has 0 aliphatic heterocycles. The number of nitrogens with two attached hydrogens (primary N) is 2. The Morgan fingerprint density at radius 1 is 1.03 bits per heavy atom. The predicted molar refractivity (Wildman–Crippen MR) is 132 cm³/mol. The van der Waals surface area contributed by atoms with Crippen molar-refractivity contribution in [3.05, 3.63) is 65.0 Å². The van der Waals surface area contributed by atoms with Gasteiger partial charge in [0.25, 0.3) is 0 Å². The van der Waals surface area contributed by atoms with E-state index in [-0.39, 0.29) is 24.3 Å². The summed E-state index contributed by atoms with van der Waals surface area (Å²) in [5, 5.41) is 11.2. The second-order valence-corrected chi connectivity index (χ2v) is 9.54. The highest BCUT2D eigenvalue weighted by atomic mass is 19.3. The van der Waals surface area contributed by atoms with E-state index < -0.39 is 17.3 Å². The van der Waals surface area contributed by atoms with Gasteiger partial charge in [-0.05, 0) is 49.4 Å². The van der Waals surface area contributed by atoms with Gasteiger partial charge in [-0.25, -0.2) is 9.97 Å². The molecule has 4 aromatic rings. The number of rotatable bonds is 8. The second-order valence-electron chi connectivity index (χ2n) is 9.54. The van der Waals surface area contributed by atoms with Crippen molar-refractivity contribution >= 4 is 27.8 Å². The number of pyridine rings is 1. The molecule has 0 saturated carbocycles. The van der Waals surface area contributed by atoms with Crippen LogP contribution in [-0.2, 0) is 25.4 Å². The molecule has 0 atom stereocenters. The van der Waals surface area contributed by atoms with Gasteiger partial charge in [0.15, 0.2) is 11.6 Å². The summed E-state index contributed by atoms with van der Waals surface area (Å²) in [6, 6.07) is 13.8. The third-order valence-electron chi connectivity index (χ3n) is 5.84. The van der Waals surface area contributed by atoms with Gasteiger partial charge in [-0.1, -0.05) is 43.3 Å². The number of fused-ring (bicyclic) bond motifs is 3. The number of anilines is 1. The zero-order valence-corrected chi connectivity index (χ0v) is 19.8. The minimum Gasteiger partial charge on any atom is -0.389 e. The van der Waals surface area contributed by atoms with Crippen LogP contribution in [0.15, 0.2) is 42.5 Å². The maximum absolute atomic E-state index is 15.1. The fourth-order valence-electron chi connectivity index (χ4n) is 4.42. The van der Waals surface area contributed by atoms with Gasteiger partial charge in [0.1, 0.15) is 5.52 Å². The Balaban J connectivity index is 1.90. The lowest BCUT2D eigenvalue weighted by atomic mass is 10.0. The van der Waals surface area contributed by atoms with Gasteiger partial charge < -0.3 is 21.1 Å². The molecule has 0 saturated heterocycles. The van der Waals surface area contributed by atoms with E-state index in [9.17, 15) is 5.11 Å². The quantitative estimate of drug-likeness (QED) is 0.343. The van der Waals surface area contributed by atoms with Crippen molar-refractivity contribution in [2.45, 2.75) is 64.6 Å². The molecule has 0 radical (unpaired) electrons. The maximum atomic E-state index is 15.1. The van der Waals surface area contributed by atoms with Crippen molar-refractivity contribution in [2.75, 3.05) is 5.73 Å². The summed E-state index contributed by atoms with van der Waals surface area (Å²) in [7, 11) is 0. The first-order valence-corrected chi connectivity index (χ1v) is 11.5. The molecule has 8 heteroatoms. The van der Waals surface area contributed by atoms with Crippen molar-refractivity contribution in [2.24, 2.45) is 5.73 Å². The lowest BCUT2D eigenvalue weighted by Gasteiger charge is -2.23. The van der Waals surface area contributed by atoms with Crippen molar-refractivity contribution in [3.63, 3.8) is 0 Å². The third-order valence-corrected chi connectivity index (χ3v) is 5.84. The topological polar surface area (TPSA) is 103 Å². The van der Waals surface area contributed by atoms with Crippen LogP contribution in [0.4, 0.5) is 14.6 Å². The largest absolute Gasteiger partial charge is 0.389 e. The molecule has 2 aromatic carbocycles. The van der Waals surface area contributed by atoms with Gasteiger partial charge in [-0.3, -0.25) is 0 Å². The number of aliphatic hydroxyl groups is 1. The van der Waals surface area contributed by atoms with E-state index in [1.807, 2.05) is 36.4 Å². The highest BCUT2D eigenvalue weighted by Gasteiger charge is 2.38. The molecule has 0 aliphatic carbocycles. The Labute approximate surface area is 197 Å². The molecule has 0 fully saturated rings. The third kappa shape index (κ3) is 4.74. The van der Waals surface area contributed by atoms with Crippen molar-refractivity contribution in [3.8, 4) is 0 Å². The zero-order valence-electron chi connectivity index (χ0n) is 19.8. The number of nitrogen functional groups attached to an aromatic ring is 1. The molecular weight excluding hydrogens is 436 g/mol. The van der Waals surface area contributed by atoms with Gasteiger partial charge in [-0.15, -0.1) is 0 Å². The first kappa shape index (κ1) is 24.0. The van der Waals surface area contributed by atoms with Gasteiger partial charge in [0, 0.05) is 18.4 Å². The highest BCUT2D eigenvalue weighted by molar-refractivity contribution is 6.06. The fourth-order valence-corrected chi connectivity index (χ4v) is 4.42. The number of benzene rings is 2. The van der Waals surface area contributed by atoms with Crippen LogP contribution in [0.25, 0.3) is 21.9 Å². The molecule has 2 heterocycles. The Morgan fingerprint density at radius 3 is 2.41 bits per heavy atom. The standard InChI is InChI=1S/C26H31F2N5O/c1-4-10-26(27,28)24-32-21-22(33(24)15-25(2,3)34)19-9-8-17(13-20(19)31-23(21)30)11-16-6-5-7-18(12-16)14-29/h5-9,12-13,34H,4,10-11,14-15,29H2,1-3H3,(H2,30,31). The number of aromatic nitrogens is 3. The second kappa shape index (κ2) is 8.92. The van der Waals surface area contributed by atoms with Gasteiger partial charge >= 0.3 is 5.92 Å². The van der Waals surface area contributed by atoms with E-state index in [4.69, 9.17) is 11.5 Å². The molecule has 0 bridgehead atoms. The van der Waals surface area contributed by atoms with Crippen molar-refractivity contribution in [1.82, 2.24) is 14.5 Å². The van der Waals surface area contributed by atoms with E-state index in [1.54, 1.807) is 20.8 Å². The Hall–Kier alpha value is -3.10. The monoisotopic (exact) mass is 467 g/mol. The SMILES string of the molecule is CCCC(F)(F)c1nc2c(N)nc3cc(Cc4cccc(CN)c4)ccc3c2n1CC(C)(C)O. The molecule has 34 heavy (non-hydrogen) atoms. The summed E-state index contributed by atoms with van der Waals surface area (Å²) < 4.78 is 31.6. The van der Waals surface area contributed by atoms with Crippen LogP contribution in [0.2, 0.25) is 0 Å². The predicted octanol–water partition coefficient (Wildman–Crippen LogP) is 4.88. The van der Waals surface area contributed by atoms with E-state index in [2.05, 4.69) is 16.0 Å². The minimum atomic E-state index is -3.16. The molecule has 0 amide bonds. The van der Waals surface area contributed by atoms with Gasteiger partial charge in [0.05, 0.1) is 23.2 Å². The molecule has 0 unspecified atom stereocenters. The number of nitrogens with zero attached hydrogens (tertiary/aromatic N) is 3. The normalized spacial score (nSPS) is 12.7. The summed E-state index contributed by atoms with van der Waals surface area (Å²) in [6.07, 6.45) is 0.619. The van der Waals surface area contributed by atoms with Gasteiger partial charge in [0.2, 0.25) is 0 Å². The van der Waals surface area contributed by atoms with Crippen molar-refractivity contribution < 1.29 is 13.9 Å². The van der Waals surface area contributed by atoms with Gasteiger partial charge in [-0.2, -0.15) is 8.78 Å². The van der Waals surface area contributed by atoms with Crippen LogP contribution in [0.5, 0.6) is 0 Å². The molecule has 0 spiro atoms. The van der Waals surface area contributed by atoms with Crippen LogP contribution in [0, 0.1) is 0 Å². The molecule has 6 nitrogen and oxygen atoms in total. The fraction of sp³-hybridized carbons (Fsp3) is 0.385. The molecule has 2 aromatic heterocycles. The van der Waals surface area contributed by atoms with Crippen LogP contribution in [0.1, 0.15) is 56.1 Å².